The maximum Gasteiger partial charge on any atom is 0.226 e. The number of nitrogens with zero attached hydrogens (tertiary/aromatic N) is 2. The molecule has 0 aliphatic rings. The molecule has 0 aliphatic carbocycles. The Bertz CT molecular complexity index is 592. The minimum atomic E-state index is -0.429. The predicted molar refractivity (Wildman–Crippen MR) is 71.3 cm³/mol. The predicted octanol–water partition coefficient (Wildman–Crippen LogP) is 2.67. The van der Waals surface area contributed by atoms with Crippen LogP contribution in [0.25, 0.3) is 0 Å². The van der Waals surface area contributed by atoms with Crippen molar-refractivity contribution in [3.05, 3.63) is 47.5 Å². The Labute approximate surface area is 111 Å². The van der Waals surface area contributed by atoms with Gasteiger partial charge in [0.2, 0.25) is 5.91 Å². The first-order valence-corrected chi connectivity index (χ1v) is 6.11. The monoisotopic (exact) mass is 261 g/mol. The zero-order chi connectivity index (χ0) is 13.8. The number of carbonyl (C=O) groups is 1. The van der Waals surface area contributed by atoms with E-state index in [2.05, 4.69) is 10.4 Å². The number of halogens is 1. The Hall–Kier alpha value is -2.17. The van der Waals surface area contributed by atoms with Crippen LogP contribution in [0.3, 0.4) is 0 Å². The van der Waals surface area contributed by atoms with Crippen molar-refractivity contribution >= 4 is 11.6 Å². The number of benzene rings is 1. The van der Waals surface area contributed by atoms with E-state index in [-0.39, 0.29) is 18.0 Å². The summed E-state index contributed by atoms with van der Waals surface area (Å²) in [6.07, 6.45) is 0.260. The molecule has 4 nitrogen and oxygen atoms in total. The Morgan fingerprint density at radius 3 is 2.74 bits per heavy atom. The third-order valence-electron chi connectivity index (χ3n) is 2.80. The van der Waals surface area contributed by atoms with Gasteiger partial charge in [0.25, 0.3) is 0 Å². The topological polar surface area (TPSA) is 46.9 Å². The van der Waals surface area contributed by atoms with Gasteiger partial charge in [-0.3, -0.25) is 9.48 Å². The van der Waals surface area contributed by atoms with E-state index in [1.807, 2.05) is 19.9 Å². The summed E-state index contributed by atoms with van der Waals surface area (Å²) in [5, 5.41) is 6.82. The molecule has 0 fully saturated rings. The second kappa shape index (κ2) is 5.65. The molecule has 1 heterocycles. The Balaban J connectivity index is 1.92. The van der Waals surface area contributed by atoms with Crippen molar-refractivity contribution in [1.82, 2.24) is 9.78 Å². The highest BCUT2D eigenvalue weighted by atomic mass is 19.1. The fourth-order valence-electron chi connectivity index (χ4n) is 1.88. The summed E-state index contributed by atoms with van der Waals surface area (Å²) in [6.45, 7) is 4.33. The highest BCUT2D eigenvalue weighted by Crippen LogP contribution is 2.12. The summed E-state index contributed by atoms with van der Waals surface area (Å²) in [7, 11) is 0. The summed E-state index contributed by atoms with van der Waals surface area (Å²) in [5.74, 6) is -0.653. The summed E-state index contributed by atoms with van der Waals surface area (Å²) >= 11 is 0. The van der Waals surface area contributed by atoms with Crippen LogP contribution in [0.1, 0.15) is 17.8 Å². The fourth-order valence-corrected chi connectivity index (χ4v) is 1.88. The van der Waals surface area contributed by atoms with Gasteiger partial charge in [-0.1, -0.05) is 12.1 Å². The molecule has 2 aromatic rings. The number of carbonyl (C=O) groups excluding carboxylic acids is 1. The number of amides is 1. The van der Waals surface area contributed by atoms with E-state index in [0.717, 1.165) is 11.4 Å². The molecule has 1 N–H and O–H groups in total. The SMILES string of the molecule is Cc1cc(C)n(CCC(=O)Nc2ccccc2F)n1. The standard InChI is InChI=1S/C14H16FN3O/c1-10-9-11(2)18(17-10)8-7-14(19)16-13-6-4-3-5-12(13)15/h3-6,9H,7-8H2,1-2H3,(H,16,19). The number of anilines is 1. The first kappa shape index (κ1) is 13.3. The van der Waals surface area contributed by atoms with Gasteiger partial charge in [0.15, 0.2) is 0 Å². The summed E-state index contributed by atoms with van der Waals surface area (Å²) in [5.41, 5.74) is 2.14. The fraction of sp³-hybridized carbons (Fsp3) is 0.286. The zero-order valence-electron chi connectivity index (χ0n) is 11.0. The lowest BCUT2D eigenvalue weighted by atomic mass is 10.3. The molecule has 0 atom stereocenters. The number of aromatic nitrogens is 2. The van der Waals surface area contributed by atoms with Crippen molar-refractivity contribution in [2.75, 3.05) is 5.32 Å². The van der Waals surface area contributed by atoms with E-state index < -0.39 is 5.82 Å². The lowest BCUT2D eigenvalue weighted by Crippen LogP contribution is -2.16. The van der Waals surface area contributed by atoms with Crippen molar-refractivity contribution in [3.8, 4) is 0 Å². The number of nitrogens with one attached hydrogen (secondary N) is 1. The molecule has 0 saturated carbocycles. The smallest absolute Gasteiger partial charge is 0.226 e. The molecular formula is C14H16FN3O. The van der Waals surface area contributed by atoms with Gasteiger partial charge in [-0.25, -0.2) is 4.39 Å². The lowest BCUT2D eigenvalue weighted by molar-refractivity contribution is -0.116. The average molecular weight is 261 g/mol. The minimum absolute atomic E-state index is 0.209. The van der Waals surface area contributed by atoms with Gasteiger partial charge in [0, 0.05) is 18.7 Å². The van der Waals surface area contributed by atoms with Gasteiger partial charge in [-0.05, 0) is 32.0 Å². The van der Waals surface area contributed by atoms with E-state index in [0.29, 0.717) is 6.54 Å². The van der Waals surface area contributed by atoms with Crippen LogP contribution in [0.15, 0.2) is 30.3 Å². The maximum absolute atomic E-state index is 13.3. The van der Waals surface area contributed by atoms with Crippen LogP contribution < -0.4 is 5.32 Å². The molecule has 0 radical (unpaired) electrons. The molecule has 1 aromatic carbocycles. The van der Waals surface area contributed by atoms with Gasteiger partial charge < -0.3 is 5.32 Å². The second-order valence-corrected chi connectivity index (χ2v) is 4.43. The molecule has 5 heteroatoms. The highest BCUT2D eigenvalue weighted by Gasteiger charge is 2.08. The van der Waals surface area contributed by atoms with Crippen LogP contribution in [0.2, 0.25) is 0 Å². The first-order valence-electron chi connectivity index (χ1n) is 6.11. The van der Waals surface area contributed by atoms with Crippen LogP contribution in [0.4, 0.5) is 10.1 Å². The average Bonchev–Trinajstić information content (AvgIpc) is 2.68. The summed E-state index contributed by atoms with van der Waals surface area (Å²) < 4.78 is 15.1. The quantitative estimate of drug-likeness (QED) is 0.919. The van der Waals surface area contributed by atoms with Gasteiger partial charge in [0.05, 0.1) is 11.4 Å². The molecule has 0 aliphatic heterocycles. The number of hydrogen-bond acceptors (Lipinski definition) is 2. The van der Waals surface area contributed by atoms with Crippen LogP contribution in [0, 0.1) is 19.7 Å². The molecule has 0 spiro atoms. The van der Waals surface area contributed by atoms with Crippen LogP contribution in [0.5, 0.6) is 0 Å². The van der Waals surface area contributed by atoms with Gasteiger partial charge in [-0.15, -0.1) is 0 Å². The number of para-hydroxylation sites is 1. The normalized spacial score (nSPS) is 10.5. The molecule has 1 aromatic heterocycles. The van der Waals surface area contributed by atoms with Crippen LogP contribution in [-0.4, -0.2) is 15.7 Å². The van der Waals surface area contributed by atoms with E-state index >= 15 is 0 Å². The molecule has 19 heavy (non-hydrogen) atoms. The molecule has 0 bridgehead atoms. The summed E-state index contributed by atoms with van der Waals surface area (Å²) in [4.78, 5) is 11.7. The number of rotatable bonds is 4. The highest BCUT2D eigenvalue weighted by molar-refractivity contribution is 5.90. The zero-order valence-corrected chi connectivity index (χ0v) is 11.0. The van der Waals surface area contributed by atoms with Crippen molar-refractivity contribution in [1.29, 1.82) is 0 Å². The van der Waals surface area contributed by atoms with E-state index in [9.17, 15) is 9.18 Å². The first-order chi connectivity index (χ1) is 9.06. The maximum atomic E-state index is 13.3. The van der Waals surface area contributed by atoms with Gasteiger partial charge in [0.1, 0.15) is 5.82 Å². The van der Waals surface area contributed by atoms with Gasteiger partial charge in [-0.2, -0.15) is 5.10 Å². The molecule has 100 valence electrons. The second-order valence-electron chi connectivity index (χ2n) is 4.43. The minimum Gasteiger partial charge on any atom is -0.324 e. The molecule has 1 amide bonds. The van der Waals surface area contributed by atoms with E-state index in [1.165, 1.54) is 12.1 Å². The molecule has 0 saturated heterocycles. The third-order valence-corrected chi connectivity index (χ3v) is 2.80. The Morgan fingerprint density at radius 2 is 2.11 bits per heavy atom. The summed E-state index contributed by atoms with van der Waals surface area (Å²) in [6, 6.07) is 8.07. The van der Waals surface area contributed by atoms with Crippen molar-refractivity contribution in [2.45, 2.75) is 26.8 Å². The van der Waals surface area contributed by atoms with Crippen molar-refractivity contribution < 1.29 is 9.18 Å². The van der Waals surface area contributed by atoms with E-state index in [4.69, 9.17) is 0 Å². The molecular weight excluding hydrogens is 245 g/mol. The lowest BCUT2D eigenvalue weighted by Gasteiger charge is -2.07. The number of hydrogen-bond donors (Lipinski definition) is 1. The largest absolute Gasteiger partial charge is 0.324 e. The van der Waals surface area contributed by atoms with Crippen molar-refractivity contribution in [3.63, 3.8) is 0 Å². The van der Waals surface area contributed by atoms with Crippen LogP contribution in [-0.2, 0) is 11.3 Å². The molecule has 0 unspecified atom stereocenters. The molecule has 2 rings (SSSR count). The Morgan fingerprint density at radius 1 is 1.37 bits per heavy atom. The van der Waals surface area contributed by atoms with Crippen LogP contribution >= 0.6 is 0 Å². The van der Waals surface area contributed by atoms with E-state index in [1.54, 1.807) is 16.8 Å². The van der Waals surface area contributed by atoms with Crippen molar-refractivity contribution in [2.24, 2.45) is 0 Å². The third kappa shape index (κ3) is 3.40. The Kier molecular flexibility index (Phi) is 3.94. The number of aryl methyl sites for hydroxylation is 3. The van der Waals surface area contributed by atoms with Gasteiger partial charge >= 0.3 is 0 Å².